The number of aliphatic hydroxyl groups excluding tert-OH is 1. The van der Waals surface area contributed by atoms with Crippen LogP contribution in [0.15, 0.2) is 54.6 Å². The first-order chi connectivity index (χ1) is 13.6. The minimum atomic E-state index is -3.86. The summed E-state index contributed by atoms with van der Waals surface area (Å²) in [5, 5.41) is 21.0. The van der Waals surface area contributed by atoms with Crippen LogP contribution >= 0.6 is 0 Å². The first kappa shape index (κ1) is 22.3. The van der Waals surface area contributed by atoms with Crippen molar-refractivity contribution in [2.45, 2.75) is 30.6 Å². The van der Waals surface area contributed by atoms with E-state index in [4.69, 9.17) is 16.2 Å². The maximum Gasteiger partial charge on any atom is 0.329 e. The molecule has 0 saturated carbocycles. The van der Waals surface area contributed by atoms with E-state index in [1.54, 1.807) is 30.3 Å². The summed E-state index contributed by atoms with van der Waals surface area (Å²) in [4.78, 5) is 22.8. The van der Waals surface area contributed by atoms with Gasteiger partial charge in [0, 0.05) is 18.6 Å². The van der Waals surface area contributed by atoms with Gasteiger partial charge in [-0.15, -0.1) is 0 Å². The highest BCUT2D eigenvalue weighted by atomic mass is 19.3. The summed E-state index contributed by atoms with van der Waals surface area (Å²) in [6.07, 6.45) is -3.19. The van der Waals surface area contributed by atoms with E-state index >= 15 is 0 Å². The number of non-ortho nitro benzene ring substituents is 1. The van der Waals surface area contributed by atoms with Gasteiger partial charge < -0.3 is 21.3 Å². The first-order valence-electron chi connectivity index (χ1n) is 8.59. The zero-order valence-corrected chi connectivity index (χ0v) is 15.3. The molecule has 0 heterocycles. The SMILES string of the molecule is NCC(F)(F)C(O)C(N)(Cc1ccc([N+](=O)[O-])cc1)C(=O)OCc1ccccc1. The van der Waals surface area contributed by atoms with Gasteiger partial charge in [0.25, 0.3) is 11.6 Å². The van der Waals surface area contributed by atoms with Crippen LogP contribution in [0.2, 0.25) is 0 Å². The molecular weight excluding hydrogens is 388 g/mol. The molecule has 0 spiro atoms. The summed E-state index contributed by atoms with van der Waals surface area (Å²) in [5.74, 6) is -5.11. The maximum atomic E-state index is 14.1. The number of halogens is 2. The molecule has 156 valence electrons. The van der Waals surface area contributed by atoms with Gasteiger partial charge in [0.15, 0.2) is 5.54 Å². The molecule has 29 heavy (non-hydrogen) atoms. The number of nitrogens with zero attached hydrogens (tertiary/aromatic N) is 1. The van der Waals surface area contributed by atoms with E-state index in [0.29, 0.717) is 5.56 Å². The second-order valence-electron chi connectivity index (χ2n) is 6.57. The van der Waals surface area contributed by atoms with Crippen LogP contribution < -0.4 is 11.5 Å². The number of alkyl halides is 2. The molecule has 8 nitrogen and oxygen atoms in total. The van der Waals surface area contributed by atoms with Crippen LogP contribution in [0.3, 0.4) is 0 Å². The largest absolute Gasteiger partial charge is 0.459 e. The highest BCUT2D eigenvalue weighted by Crippen LogP contribution is 2.29. The van der Waals surface area contributed by atoms with Gasteiger partial charge in [0.1, 0.15) is 12.7 Å². The zero-order chi connectivity index (χ0) is 21.7. The molecule has 5 N–H and O–H groups in total. The predicted octanol–water partition coefficient (Wildman–Crippen LogP) is 1.53. The van der Waals surface area contributed by atoms with Crippen LogP contribution in [0, 0.1) is 10.1 Å². The molecule has 0 aliphatic heterocycles. The Bertz CT molecular complexity index is 849. The number of carbonyl (C=O) groups excluding carboxylic acids is 1. The minimum Gasteiger partial charge on any atom is -0.459 e. The van der Waals surface area contributed by atoms with Gasteiger partial charge in [-0.1, -0.05) is 42.5 Å². The van der Waals surface area contributed by atoms with E-state index in [1.165, 1.54) is 12.1 Å². The lowest BCUT2D eigenvalue weighted by atomic mass is 9.83. The van der Waals surface area contributed by atoms with Crippen molar-refractivity contribution in [3.8, 4) is 0 Å². The Morgan fingerprint density at radius 2 is 1.72 bits per heavy atom. The normalized spacial score (nSPS) is 14.7. The topological polar surface area (TPSA) is 142 Å². The molecule has 0 fully saturated rings. The van der Waals surface area contributed by atoms with Gasteiger partial charge in [0.05, 0.1) is 11.5 Å². The lowest BCUT2D eigenvalue weighted by Crippen LogP contribution is -2.66. The van der Waals surface area contributed by atoms with Gasteiger partial charge >= 0.3 is 5.97 Å². The highest BCUT2D eigenvalue weighted by molar-refractivity contribution is 5.82. The van der Waals surface area contributed by atoms with Gasteiger partial charge in [0.2, 0.25) is 0 Å². The zero-order valence-electron chi connectivity index (χ0n) is 15.3. The molecule has 10 heteroatoms. The number of rotatable bonds is 9. The fourth-order valence-electron chi connectivity index (χ4n) is 2.70. The van der Waals surface area contributed by atoms with Crippen molar-refractivity contribution >= 4 is 11.7 Å². The molecular formula is C19H21F2N3O5. The standard InChI is InChI=1S/C19H21F2N3O5/c20-19(21,12-22)16(25)18(23,10-13-6-8-15(9-7-13)24(27)28)17(26)29-11-14-4-2-1-3-5-14/h1-9,16,25H,10-12,22-23H2. The van der Waals surface area contributed by atoms with E-state index in [1.807, 2.05) is 0 Å². The molecule has 0 aliphatic rings. The van der Waals surface area contributed by atoms with Gasteiger partial charge in [-0.3, -0.25) is 10.1 Å². The Hall–Kier alpha value is -2.95. The minimum absolute atomic E-state index is 0.224. The number of carbonyl (C=O) groups is 1. The Morgan fingerprint density at radius 3 is 2.24 bits per heavy atom. The van der Waals surface area contributed by atoms with Crippen molar-refractivity contribution < 1.29 is 28.3 Å². The average molecular weight is 409 g/mol. The molecule has 0 saturated heterocycles. The number of nitrogens with two attached hydrogens (primary N) is 2. The number of hydrogen-bond acceptors (Lipinski definition) is 7. The lowest BCUT2D eigenvalue weighted by molar-refractivity contribution is -0.384. The van der Waals surface area contributed by atoms with Gasteiger partial charge in [-0.05, 0) is 11.1 Å². The molecule has 0 bridgehead atoms. The Balaban J connectivity index is 2.29. The van der Waals surface area contributed by atoms with E-state index in [-0.39, 0.29) is 17.9 Å². The number of hydrogen-bond donors (Lipinski definition) is 3. The Labute approximate surface area is 165 Å². The molecule has 2 unspecified atom stereocenters. The Kier molecular flexibility index (Phi) is 6.96. The number of ether oxygens (including phenoxy) is 1. The molecule has 0 aromatic heterocycles. The molecule has 0 radical (unpaired) electrons. The van der Waals surface area contributed by atoms with Crippen LogP contribution in [0.1, 0.15) is 11.1 Å². The third kappa shape index (κ3) is 5.31. The van der Waals surface area contributed by atoms with Crippen LogP contribution in [0.5, 0.6) is 0 Å². The molecule has 2 rings (SSSR count). The van der Waals surface area contributed by atoms with Gasteiger partial charge in [-0.25, -0.2) is 13.6 Å². The third-order valence-electron chi connectivity index (χ3n) is 4.40. The molecule has 2 aromatic rings. The summed E-state index contributed by atoms with van der Waals surface area (Å²) >= 11 is 0. The van der Waals surface area contributed by atoms with Crippen molar-refractivity contribution in [1.29, 1.82) is 0 Å². The van der Waals surface area contributed by atoms with E-state index in [2.05, 4.69) is 0 Å². The average Bonchev–Trinajstić information content (AvgIpc) is 2.72. The number of nitro groups is 1. The predicted molar refractivity (Wildman–Crippen MR) is 100.0 cm³/mol. The van der Waals surface area contributed by atoms with Crippen molar-refractivity contribution in [3.63, 3.8) is 0 Å². The molecule has 2 atom stereocenters. The maximum absolute atomic E-state index is 14.1. The second kappa shape index (κ2) is 9.03. The highest BCUT2D eigenvalue weighted by Gasteiger charge is 2.54. The van der Waals surface area contributed by atoms with Gasteiger partial charge in [-0.2, -0.15) is 0 Å². The number of nitro benzene ring substituents is 1. The van der Waals surface area contributed by atoms with Crippen LogP contribution in [0.4, 0.5) is 14.5 Å². The summed E-state index contributed by atoms with van der Waals surface area (Å²) in [7, 11) is 0. The summed E-state index contributed by atoms with van der Waals surface area (Å²) in [6, 6.07) is 13.3. The third-order valence-corrected chi connectivity index (χ3v) is 4.40. The number of benzene rings is 2. The number of esters is 1. The number of aliphatic hydroxyl groups is 1. The fraction of sp³-hybridized carbons (Fsp3) is 0.316. The van der Waals surface area contributed by atoms with Crippen LogP contribution in [0.25, 0.3) is 0 Å². The summed E-state index contributed by atoms with van der Waals surface area (Å²) in [6.45, 7) is -1.47. The van der Waals surface area contributed by atoms with E-state index in [9.17, 15) is 28.8 Å². The van der Waals surface area contributed by atoms with Crippen molar-refractivity contribution in [3.05, 3.63) is 75.8 Å². The summed E-state index contributed by atoms with van der Waals surface area (Å²) in [5.41, 5.74) is 9.03. The van der Waals surface area contributed by atoms with Crippen molar-refractivity contribution in [1.82, 2.24) is 0 Å². The Morgan fingerprint density at radius 1 is 1.14 bits per heavy atom. The smallest absolute Gasteiger partial charge is 0.329 e. The monoisotopic (exact) mass is 409 g/mol. The summed E-state index contributed by atoms with van der Waals surface area (Å²) < 4.78 is 33.3. The van der Waals surface area contributed by atoms with Crippen molar-refractivity contribution in [2.75, 3.05) is 6.54 Å². The quantitative estimate of drug-likeness (QED) is 0.324. The van der Waals surface area contributed by atoms with E-state index in [0.717, 1.165) is 12.1 Å². The fourth-order valence-corrected chi connectivity index (χ4v) is 2.70. The second-order valence-corrected chi connectivity index (χ2v) is 6.57. The molecule has 2 aromatic carbocycles. The molecule has 0 aliphatic carbocycles. The van der Waals surface area contributed by atoms with E-state index < -0.39 is 41.4 Å². The van der Waals surface area contributed by atoms with Crippen LogP contribution in [-0.4, -0.2) is 40.1 Å². The first-order valence-corrected chi connectivity index (χ1v) is 8.59. The van der Waals surface area contributed by atoms with Crippen molar-refractivity contribution in [2.24, 2.45) is 11.5 Å². The lowest BCUT2D eigenvalue weighted by Gasteiger charge is -2.36. The van der Waals surface area contributed by atoms with Crippen LogP contribution in [-0.2, 0) is 22.6 Å². The molecule has 0 amide bonds.